The van der Waals surface area contributed by atoms with Crippen LogP contribution >= 0.6 is 0 Å². The van der Waals surface area contributed by atoms with Crippen molar-refractivity contribution in [2.75, 3.05) is 0 Å². The van der Waals surface area contributed by atoms with E-state index in [2.05, 4.69) is 10.2 Å². The van der Waals surface area contributed by atoms with E-state index >= 15 is 0 Å². The summed E-state index contributed by atoms with van der Waals surface area (Å²) in [5, 5.41) is 3.25. The van der Waals surface area contributed by atoms with Gasteiger partial charge in [-0.25, -0.2) is 4.40 Å². The Bertz CT molecular complexity index is 1240. The summed E-state index contributed by atoms with van der Waals surface area (Å²) in [6.07, 6.45) is 0. The number of imidazole rings is 1. The summed E-state index contributed by atoms with van der Waals surface area (Å²) in [7, 11) is 0. The van der Waals surface area contributed by atoms with Crippen LogP contribution in [0.2, 0.25) is 0 Å². The maximum absolute atomic E-state index is 11.6. The molecule has 26 heavy (non-hydrogen) atoms. The van der Waals surface area contributed by atoms with Crippen molar-refractivity contribution in [3.8, 4) is 22.4 Å². The molecular formula is C21H13N3O2. The molecule has 0 radical (unpaired) electrons. The number of nitrogens with zero attached hydrogens (tertiary/aromatic N) is 3. The lowest BCUT2D eigenvalue weighted by Crippen LogP contribution is -1.83. The molecule has 2 aromatic heterocycles. The van der Waals surface area contributed by atoms with Gasteiger partial charge in [-0.15, -0.1) is 4.91 Å². The first-order valence-corrected chi connectivity index (χ1v) is 8.24. The fraction of sp³-hybridized carbons (Fsp3) is 0. The molecule has 5 rings (SSSR count). The highest BCUT2D eigenvalue weighted by atomic mass is 16.4. The normalized spacial score (nSPS) is 11.2. The molecular weight excluding hydrogens is 326 g/mol. The van der Waals surface area contributed by atoms with Gasteiger partial charge in [-0.3, -0.25) is 0 Å². The number of aromatic nitrogens is 2. The maximum Gasteiger partial charge on any atom is 0.309 e. The first-order valence-electron chi connectivity index (χ1n) is 8.24. The smallest absolute Gasteiger partial charge is 0.309 e. The molecule has 2 heterocycles. The van der Waals surface area contributed by atoms with Crippen molar-refractivity contribution in [1.82, 2.24) is 9.38 Å². The van der Waals surface area contributed by atoms with Crippen LogP contribution in [0.1, 0.15) is 0 Å². The van der Waals surface area contributed by atoms with Crippen LogP contribution < -0.4 is 0 Å². The van der Waals surface area contributed by atoms with Crippen molar-refractivity contribution in [2.24, 2.45) is 5.18 Å². The highest BCUT2D eigenvalue weighted by molar-refractivity contribution is 5.87. The Morgan fingerprint density at radius 1 is 0.808 bits per heavy atom. The van der Waals surface area contributed by atoms with Gasteiger partial charge in [0.2, 0.25) is 5.82 Å². The van der Waals surface area contributed by atoms with E-state index in [9.17, 15) is 4.91 Å². The quantitative estimate of drug-likeness (QED) is 0.390. The number of nitroso groups, excluding NO2 is 1. The van der Waals surface area contributed by atoms with E-state index in [0.29, 0.717) is 17.1 Å². The molecule has 0 aliphatic heterocycles. The van der Waals surface area contributed by atoms with E-state index in [1.807, 2.05) is 78.9 Å². The van der Waals surface area contributed by atoms with Gasteiger partial charge < -0.3 is 4.42 Å². The third-order valence-corrected chi connectivity index (χ3v) is 4.46. The van der Waals surface area contributed by atoms with Crippen molar-refractivity contribution in [2.45, 2.75) is 0 Å². The van der Waals surface area contributed by atoms with E-state index < -0.39 is 0 Å². The Kier molecular flexibility index (Phi) is 3.18. The standard InChI is InChI=1S/C21H13N3O2/c25-23-20-19(15-9-5-2-6-10-15)22-21-24(20)17-13-16(11-12-18(17)26-21)14-7-3-1-4-8-14/h1-13H. The van der Waals surface area contributed by atoms with Crippen LogP contribution in [-0.2, 0) is 0 Å². The largest absolute Gasteiger partial charge is 0.423 e. The summed E-state index contributed by atoms with van der Waals surface area (Å²) in [6.45, 7) is 0. The number of hydrogen-bond donors (Lipinski definition) is 0. The lowest BCUT2D eigenvalue weighted by molar-refractivity contribution is 0.642. The molecule has 0 aliphatic rings. The van der Waals surface area contributed by atoms with Gasteiger partial charge in [0.25, 0.3) is 0 Å². The van der Waals surface area contributed by atoms with Gasteiger partial charge in [0.15, 0.2) is 5.58 Å². The van der Waals surface area contributed by atoms with E-state index in [1.165, 1.54) is 0 Å². The van der Waals surface area contributed by atoms with Crippen LogP contribution in [0.3, 0.4) is 0 Å². The Morgan fingerprint density at radius 2 is 1.50 bits per heavy atom. The van der Waals surface area contributed by atoms with E-state index in [-0.39, 0.29) is 5.82 Å². The van der Waals surface area contributed by atoms with Gasteiger partial charge in [-0.1, -0.05) is 66.7 Å². The van der Waals surface area contributed by atoms with Gasteiger partial charge in [0.05, 0.1) is 5.52 Å². The van der Waals surface area contributed by atoms with Crippen LogP contribution in [0, 0.1) is 4.91 Å². The number of rotatable bonds is 3. The summed E-state index contributed by atoms with van der Waals surface area (Å²) in [4.78, 5) is 16.1. The SMILES string of the molecule is O=Nc1c(-c2ccccc2)nc2oc3ccc(-c4ccccc4)cc3n12. The molecule has 0 saturated carbocycles. The molecule has 0 aliphatic carbocycles. The lowest BCUT2D eigenvalue weighted by Gasteiger charge is -2.02. The molecule has 124 valence electrons. The zero-order chi connectivity index (χ0) is 17.5. The lowest BCUT2D eigenvalue weighted by atomic mass is 10.1. The second-order valence-electron chi connectivity index (χ2n) is 6.01. The van der Waals surface area contributed by atoms with Crippen molar-refractivity contribution >= 4 is 22.8 Å². The summed E-state index contributed by atoms with van der Waals surface area (Å²) >= 11 is 0. The summed E-state index contributed by atoms with van der Waals surface area (Å²) in [5.41, 5.74) is 4.91. The monoisotopic (exact) mass is 339 g/mol. The number of benzene rings is 3. The molecule has 0 N–H and O–H groups in total. The Balaban J connectivity index is 1.79. The molecule has 5 nitrogen and oxygen atoms in total. The van der Waals surface area contributed by atoms with Crippen LogP contribution in [0.4, 0.5) is 5.82 Å². The van der Waals surface area contributed by atoms with Crippen LogP contribution in [0.25, 0.3) is 39.3 Å². The van der Waals surface area contributed by atoms with Crippen LogP contribution in [0.15, 0.2) is 88.5 Å². The van der Waals surface area contributed by atoms with Crippen LogP contribution in [-0.4, -0.2) is 9.38 Å². The van der Waals surface area contributed by atoms with Crippen molar-refractivity contribution < 1.29 is 4.42 Å². The van der Waals surface area contributed by atoms with Crippen molar-refractivity contribution in [3.63, 3.8) is 0 Å². The van der Waals surface area contributed by atoms with E-state index in [0.717, 1.165) is 22.2 Å². The minimum atomic E-state index is 0.246. The number of oxazole rings is 1. The molecule has 3 aromatic carbocycles. The fourth-order valence-electron chi connectivity index (χ4n) is 3.24. The summed E-state index contributed by atoms with van der Waals surface area (Å²) < 4.78 is 7.52. The first-order chi connectivity index (χ1) is 12.8. The second-order valence-corrected chi connectivity index (χ2v) is 6.01. The Hall–Kier alpha value is -3.73. The Morgan fingerprint density at radius 3 is 2.19 bits per heavy atom. The first kappa shape index (κ1) is 14.6. The number of fused-ring (bicyclic) bond motifs is 3. The van der Waals surface area contributed by atoms with Crippen LogP contribution in [0.5, 0.6) is 0 Å². The Labute approximate surface area is 148 Å². The summed E-state index contributed by atoms with van der Waals surface area (Å²) in [6, 6.07) is 25.4. The molecule has 5 heteroatoms. The predicted molar refractivity (Wildman–Crippen MR) is 101 cm³/mol. The average molecular weight is 339 g/mol. The topological polar surface area (TPSA) is 59.9 Å². The molecule has 0 saturated heterocycles. The molecule has 0 bridgehead atoms. The third-order valence-electron chi connectivity index (χ3n) is 4.46. The molecule has 0 spiro atoms. The molecule has 0 fully saturated rings. The molecule has 0 unspecified atom stereocenters. The zero-order valence-electron chi connectivity index (χ0n) is 13.7. The van der Waals surface area contributed by atoms with E-state index in [4.69, 9.17) is 4.42 Å². The average Bonchev–Trinajstić information content (AvgIpc) is 3.24. The predicted octanol–water partition coefficient (Wildman–Crippen LogP) is 5.81. The minimum Gasteiger partial charge on any atom is -0.423 e. The molecule has 5 aromatic rings. The summed E-state index contributed by atoms with van der Waals surface area (Å²) in [5.74, 6) is 0.605. The fourth-order valence-corrected chi connectivity index (χ4v) is 3.24. The van der Waals surface area contributed by atoms with Gasteiger partial charge >= 0.3 is 5.84 Å². The minimum absolute atomic E-state index is 0.246. The van der Waals surface area contributed by atoms with Crippen molar-refractivity contribution in [3.05, 3.63) is 83.8 Å². The number of hydrogen-bond acceptors (Lipinski definition) is 4. The highest BCUT2D eigenvalue weighted by Crippen LogP contribution is 2.36. The van der Waals surface area contributed by atoms with Gasteiger partial charge in [-0.05, 0) is 28.4 Å². The second kappa shape index (κ2) is 5.67. The van der Waals surface area contributed by atoms with E-state index in [1.54, 1.807) is 4.40 Å². The maximum atomic E-state index is 11.6. The van der Waals surface area contributed by atoms with Gasteiger partial charge in [-0.2, -0.15) is 4.98 Å². The van der Waals surface area contributed by atoms with Crippen molar-refractivity contribution in [1.29, 1.82) is 0 Å². The van der Waals surface area contributed by atoms with Gasteiger partial charge in [0, 0.05) is 5.56 Å². The van der Waals surface area contributed by atoms with Gasteiger partial charge in [0.1, 0.15) is 5.69 Å². The third kappa shape index (κ3) is 2.14. The zero-order valence-corrected chi connectivity index (χ0v) is 13.7. The molecule has 0 amide bonds. The molecule has 0 atom stereocenters. The highest BCUT2D eigenvalue weighted by Gasteiger charge is 2.20.